The first kappa shape index (κ1) is 14.9. The zero-order chi connectivity index (χ0) is 14.5. The van der Waals surface area contributed by atoms with Gasteiger partial charge >= 0.3 is 6.03 Å². The van der Waals surface area contributed by atoms with Gasteiger partial charge in [0.05, 0.1) is 13.2 Å². The normalized spacial score (nSPS) is 12.8. The Hall–Kier alpha value is -1.46. The van der Waals surface area contributed by atoms with Crippen LogP contribution in [-0.2, 0) is 13.0 Å². The van der Waals surface area contributed by atoms with Crippen molar-refractivity contribution in [3.05, 3.63) is 28.3 Å². The molecule has 2 amide bonds. The van der Waals surface area contributed by atoms with E-state index in [4.69, 9.17) is 21.4 Å². The Balaban J connectivity index is 2.02. The van der Waals surface area contributed by atoms with Gasteiger partial charge in [0.15, 0.2) is 0 Å². The fourth-order valence-corrected chi connectivity index (χ4v) is 2.55. The van der Waals surface area contributed by atoms with Crippen LogP contribution in [0, 0.1) is 0 Å². The Morgan fingerprint density at radius 2 is 2.35 bits per heavy atom. The molecule has 1 heterocycles. The first-order valence-corrected chi connectivity index (χ1v) is 7.11. The van der Waals surface area contributed by atoms with Crippen LogP contribution in [0.1, 0.15) is 18.1 Å². The summed E-state index contributed by atoms with van der Waals surface area (Å²) in [5.41, 5.74) is 1.97. The van der Waals surface area contributed by atoms with Crippen LogP contribution >= 0.6 is 11.6 Å². The number of urea groups is 1. The monoisotopic (exact) mass is 298 g/mol. The lowest BCUT2D eigenvalue weighted by Crippen LogP contribution is -2.41. The van der Waals surface area contributed by atoms with Crippen molar-refractivity contribution in [1.29, 1.82) is 0 Å². The molecule has 20 heavy (non-hydrogen) atoms. The van der Waals surface area contributed by atoms with E-state index in [0.717, 1.165) is 23.3 Å². The molecule has 2 rings (SSSR count). The maximum Gasteiger partial charge on any atom is 0.317 e. The van der Waals surface area contributed by atoms with Crippen molar-refractivity contribution >= 4 is 17.6 Å². The minimum Gasteiger partial charge on any atom is -0.493 e. The molecule has 0 atom stereocenters. The van der Waals surface area contributed by atoms with Gasteiger partial charge in [-0.05, 0) is 24.6 Å². The average molecular weight is 299 g/mol. The summed E-state index contributed by atoms with van der Waals surface area (Å²) < 4.78 is 5.59. The van der Waals surface area contributed by atoms with Crippen LogP contribution in [0.5, 0.6) is 5.75 Å². The van der Waals surface area contributed by atoms with Crippen molar-refractivity contribution in [2.75, 3.05) is 26.3 Å². The molecule has 0 bridgehead atoms. The second kappa shape index (κ2) is 6.81. The summed E-state index contributed by atoms with van der Waals surface area (Å²) in [6, 6.07) is 3.52. The Morgan fingerprint density at radius 3 is 3.05 bits per heavy atom. The lowest BCUT2D eigenvalue weighted by atomic mass is 10.1. The summed E-state index contributed by atoms with van der Waals surface area (Å²) >= 11 is 6.07. The van der Waals surface area contributed by atoms with Gasteiger partial charge in [0, 0.05) is 36.6 Å². The molecule has 1 aromatic rings. The Kier molecular flexibility index (Phi) is 5.09. The van der Waals surface area contributed by atoms with Crippen molar-refractivity contribution < 1.29 is 14.6 Å². The minimum atomic E-state index is -0.201. The van der Waals surface area contributed by atoms with Gasteiger partial charge in [-0.3, -0.25) is 0 Å². The number of hydrogen-bond donors (Lipinski definition) is 2. The minimum absolute atomic E-state index is 0.0447. The van der Waals surface area contributed by atoms with Gasteiger partial charge in [0.2, 0.25) is 0 Å². The zero-order valence-electron chi connectivity index (χ0n) is 11.5. The number of hydrogen-bond acceptors (Lipinski definition) is 3. The highest BCUT2D eigenvalue weighted by Gasteiger charge is 2.18. The molecule has 1 aromatic carbocycles. The second-order valence-electron chi connectivity index (χ2n) is 4.61. The number of fused-ring (bicyclic) bond motifs is 1. The van der Waals surface area contributed by atoms with Crippen molar-refractivity contribution in [2.45, 2.75) is 19.9 Å². The number of likely N-dealkylation sites (N-methyl/N-ethyl adjacent to an activating group) is 1. The lowest BCUT2D eigenvalue weighted by Gasteiger charge is -2.20. The molecule has 0 radical (unpaired) electrons. The molecule has 2 N–H and O–H groups in total. The maximum atomic E-state index is 12.0. The van der Waals surface area contributed by atoms with Crippen LogP contribution in [0.15, 0.2) is 12.1 Å². The molecular weight excluding hydrogens is 280 g/mol. The van der Waals surface area contributed by atoms with Gasteiger partial charge in [-0.15, -0.1) is 0 Å². The molecule has 1 aliphatic rings. The Labute approximate surface area is 123 Å². The zero-order valence-corrected chi connectivity index (χ0v) is 12.2. The third-order valence-electron chi connectivity index (χ3n) is 3.29. The number of nitrogens with zero attached hydrogens (tertiary/aromatic N) is 1. The van der Waals surface area contributed by atoms with Crippen molar-refractivity contribution in [3.8, 4) is 5.75 Å². The third-order valence-corrected chi connectivity index (χ3v) is 3.51. The predicted octanol–water partition coefficient (Wildman–Crippen LogP) is 1.80. The van der Waals surface area contributed by atoms with Gasteiger partial charge in [-0.2, -0.15) is 0 Å². The Morgan fingerprint density at radius 1 is 1.55 bits per heavy atom. The van der Waals surface area contributed by atoms with Crippen LogP contribution in [-0.4, -0.2) is 42.3 Å². The van der Waals surface area contributed by atoms with Crippen molar-refractivity contribution in [1.82, 2.24) is 10.2 Å². The van der Waals surface area contributed by atoms with E-state index in [-0.39, 0.29) is 12.6 Å². The highest BCUT2D eigenvalue weighted by atomic mass is 35.5. The summed E-state index contributed by atoms with van der Waals surface area (Å²) in [7, 11) is 0. The SMILES string of the molecule is CCN(CCO)C(=O)NCc1cc(Cl)cc2c1OCC2. The smallest absolute Gasteiger partial charge is 0.317 e. The lowest BCUT2D eigenvalue weighted by molar-refractivity contribution is 0.180. The number of carbonyl (C=O) groups is 1. The van der Waals surface area contributed by atoms with E-state index in [0.29, 0.717) is 31.3 Å². The number of amides is 2. The number of halogens is 1. The summed E-state index contributed by atoms with van der Waals surface area (Å²) in [6.07, 6.45) is 0.850. The van der Waals surface area contributed by atoms with E-state index in [1.54, 1.807) is 4.90 Å². The van der Waals surface area contributed by atoms with Gasteiger partial charge in [0.1, 0.15) is 5.75 Å². The molecule has 0 saturated carbocycles. The van der Waals surface area contributed by atoms with E-state index in [2.05, 4.69) is 5.32 Å². The second-order valence-corrected chi connectivity index (χ2v) is 5.05. The first-order chi connectivity index (χ1) is 9.65. The summed E-state index contributed by atoms with van der Waals surface area (Å²) in [5, 5.41) is 12.4. The molecule has 0 saturated heterocycles. The quantitative estimate of drug-likeness (QED) is 0.871. The van der Waals surface area contributed by atoms with Gasteiger partial charge in [-0.1, -0.05) is 11.6 Å². The van der Waals surface area contributed by atoms with E-state index in [1.165, 1.54) is 0 Å². The summed E-state index contributed by atoms with van der Waals surface area (Å²) in [5.74, 6) is 0.833. The van der Waals surface area contributed by atoms with Gasteiger partial charge < -0.3 is 20.1 Å². The predicted molar refractivity (Wildman–Crippen MR) is 77.2 cm³/mol. The van der Waals surface area contributed by atoms with E-state index in [9.17, 15) is 4.79 Å². The van der Waals surface area contributed by atoms with E-state index < -0.39 is 0 Å². The molecule has 0 spiro atoms. The molecule has 1 aliphatic heterocycles. The highest BCUT2D eigenvalue weighted by Crippen LogP contribution is 2.32. The van der Waals surface area contributed by atoms with E-state index in [1.807, 2.05) is 19.1 Å². The maximum absolute atomic E-state index is 12.0. The molecule has 0 aliphatic carbocycles. The summed E-state index contributed by atoms with van der Waals surface area (Å²) in [6.45, 7) is 3.72. The van der Waals surface area contributed by atoms with Crippen LogP contribution < -0.4 is 10.1 Å². The van der Waals surface area contributed by atoms with Gasteiger partial charge in [0.25, 0.3) is 0 Å². The van der Waals surface area contributed by atoms with Crippen molar-refractivity contribution in [3.63, 3.8) is 0 Å². The topological polar surface area (TPSA) is 61.8 Å². The number of rotatable bonds is 5. The molecule has 0 aromatic heterocycles. The molecule has 110 valence electrons. The number of nitrogens with one attached hydrogen (secondary N) is 1. The molecule has 6 heteroatoms. The summed E-state index contributed by atoms with van der Waals surface area (Å²) in [4.78, 5) is 13.5. The Bertz CT molecular complexity index is 494. The molecular formula is C14H19ClN2O3. The standard InChI is InChI=1S/C14H19ClN2O3/c1-2-17(4-5-18)14(19)16-9-11-8-12(15)7-10-3-6-20-13(10)11/h7-8,18H,2-6,9H2,1H3,(H,16,19). The number of aliphatic hydroxyl groups is 1. The average Bonchev–Trinajstić information content (AvgIpc) is 2.89. The first-order valence-electron chi connectivity index (χ1n) is 6.73. The van der Waals surface area contributed by atoms with Crippen LogP contribution in [0.25, 0.3) is 0 Å². The molecule has 0 fully saturated rings. The molecule has 0 unspecified atom stereocenters. The highest BCUT2D eigenvalue weighted by molar-refractivity contribution is 6.30. The third kappa shape index (κ3) is 3.35. The number of aliphatic hydroxyl groups excluding tert-OH is 1. The van der Waals surface area contributed by atoms with Gasteiger partial charge in [-0.25, -0.2) is 4.79 Å². The largest absolute Gasteiger partial charge is 0.493 e. The fraction of sp³-hybridized carbons (Fsp3) is 0.500. The van der Waals surface area contributed by atoms with Crippen LogP contribution in [0.3, 0.4) is 0 Å². The van der Waals surface area contributed by atoms with E-state index >= 15 is 0 Å². The molecule has 5 nitrogen and oxygen atoms in total. The van der Waals surface area contributed by atoms with Crippen LogP contribution in [0.4, 0.5) is 4.79 Å². The number of ether oxygens (including phenoxy) is 1. The van der Waals surface area contributed by atoms with Crippen molar-refractivity contribution in [2.24, 2.45) is 0 Å². The van der Waals surface area contributed by atoms with Crippen LogP contribution in [0.2, 0.25) is 5.02 Å². The number of benzene rings is 1. The fourth-order valence-electron chi connectivity index (χ4n) is 2.28. The number of carbonyl (C=O) groups excluding carboxylic acids is 1.